The van der Waals surface area contributed by atoms with Crippen LogP contribution in [0.4, 0.5) is 0 Å². The molecule has 7 rings (SSSR count). The molecule has 1 aliphatic heterocycles. The number of pyridine rings is 2. The summed E-state index contributed by atoms with van der Waals surface area (Å²) in [6, 6.07) is 25.8. The summed E-state index contributed by atoms with van der Waals surface area (Å²) in [7, 11) is 0. The third-order valence-corrected chi connectivity index (χ3v) is 10.3. The van der Waals surface area contributed by atoms with Gasteiger partial charge in [0.05, 0.1) is 23.1 Å². The largest absolute Gasteiger partial charge is 0.332 e. The molecule has 5 aromatic rings. The first-order valence-electron chi connectivity index (χ1n) is 18.3. The maximum absolute atomic E-state index is 14.0. The van der Waals surface area contributed by atoms with Crippen LogP contribution < -0.4 is 0 Å². The zero-order chi connectivity index (χ0) is 34.3. The second kappa shape index (κ2) is 15.8. The molecule has 2 aliphatic rings. The maximum Gasteiger partial charge on any atom is 0.247 e. The fraction of sp³-hybridized carbons (Fsp3) is 0.349. The molecule has 2 aromatic carbocycles. The number of carbonyl (C=O) groups excluding carboxylic acids is 1. The van der Waals surface area contributed by atoms with Crippen molar-refractivity contribution in [1.29, 1.82) is 0 Å². The molecule has 7 heteroatoms. The van der Waals surface area contributed by atoms with Gasteiger partial charge in [-0.2, -0.15) is 0 Å². The standard InChI is InChI=1S/C43H48N6O/c1-32-13-19-36(20-14-32)39(24-28-47-26-6-7-27-47)40-12-8-9-37(46-40)21-22-43(50)49(38-10-4-3-5-11-38)31-35-17-15-34(16-18-35)30-48-33(2)45-41-29-44-25-23-42(41)48/h8-9,12-25,29,38H,3-7,10-11,26-28,30-31H2,1-2H3/b22-21?,39-24+. The third-order valence-electron chi connectivity index (χ3n) is 10.3. The molecule has 3 aromatic heterocycles. The summed E-state index contributed by atoms with van der Waals surface area (Å²) in [6.45, 7) is 8.71. The second-order valence-corrected chi connectivity index (χ2v) is 14.0. The van der Waals surface area contributed by atoms with E-state index in [1.807, 2.05) is 37.5 Å². The summed E-state index contributed by atoms with van der Waals surface area (Å²) in [4.78, 5) is 32.5. The molecule has 4 heterocycles. The first-order chi connectivity index (χ1) is 24.5. The number of benzene rings is 2. The lowest BCUT2D eigenvalue weighted by Crippen LogP contribution is -2.40. The van der Waals surface area contributed by atoms with Crippen LogP contribution in [0, 0.1) is 13.8 Å². The van der Waals surface area contributed by atoms with E-state index in [1.54, 1.807) is 6.08 Å². The SMILES string of the molecule is Cc1ccc(/C(=C\CN2CCCC2)c2cccc(C=CC(=O)N(Cc3ccc(Cn4c(C)nc5cnccc54)cc3)C3CCCCC3)n2)cc1. The van der Waals surface area contributed by atoms with E-state index < -0.39 is 0 Å². The third kappa shape index (κ3) is 8.11. The van der Waals surface area contributed by atoms with Crippen LogP contribution in [0.2, 0.25) is 0 Å². The van der Waals surface area contributed by atoms with E-state index in [9.17, 15) is 4.79 Å². The summed E-state index contributed by atoms with van der Waals surface area (Å²) in [6.07, 6.45) is 17.8. The van der Waals surface area contributed by atoms with Gasteiger partial charge in [-0.1, -0.05) is 85.5 Å². The Labute approximate surface area is 296 Å². The normalized spacial score (nSPS) is 16.1. The van der Waals surface area contributed by atoms with Gasteiger partial charge in [0.2, 0.25) is 5.91 Å². The Morgan fingerprint density at radius 3 is 2.40 bits per heavy atom. The molecule has 0 unspecified atom stereocenters. The monoisotopic (exact) mass is 664 g/mol. The highest BCUT2D eigenvalue weighted by atomic mass is 16.2. The molecule has 0 spiro atoms. The molecular formula is C43H48N6O. The van der Waals surface area contributed by atoms with E-state index in [0.29, 0.717) is 6.54 Å². The van der Waals surface area contributed by atoms with Crippen molar-refractivity contribution >= 4 is 28.6 Å². The van der Waals surface area contributed by atoms with Gasteiger partial charge >= 0.3 is 0 Å². The fourth-order valence-corrected chi connectivity index (χ4v) is 7.45. The molecule has 0 atom stereocenters. The van der Waals surface area contributed by atoms with E-state index in [-0.39, 0.29) is 11.9 Å². The number of fused-ring (bicyclic) bond motifs is 1. The minimum atomic E-state index is 0.0469. The number of rotatable bonds is 11. The van der Waals surface area contributed by atoms with Crippen LogP contribution in [0.3, 0.4) is 0 Å². The minimum Gasteiger partial charge on any atom is -0.332 e. The number of nitrogens with zero attached hydrogens (tertiary/aromatic N) is 6. The fourth-order valence-electron chi connectivity index (χ4n) is 7.45. The Morgan fingerprint density at radius 1 is 0.860 bits per heavy atom. The highest BCUT2D eigenvalue weighted by molar-refractivity contribution is 5.92. The van der Waals surface area contributed by atoms with Crippen LogP contribution in [-0.2, 0) is 17.9 Å². The summed E-state index contributed by atoms with van der Waals surface area (Å²) in [5, 5.41) is 0. The van der Waals surface area contributed by atoms with E-state index in [2.05, 4.69) is 98.0 Å². The smallest absolute Gasteiger partial charge is 0.247 e. The summed E-state index contributed by atoms with van der Waals surface area (Å²) < 4.78 is 2.23. The van der Waals surface area contributed by atoms with Crippen molar-refractivity contribution in [1.82, 2.24) is 29.3 Å². The predicted octanol–water partition coefficient (Wildman–Crippen LogP) is 8.39. The van der Waals surface area contributed by atoms with Gasteiger partial charge in [-0.15, -0.1) is 0 Å². The Balaban J connectivity index is 1.08. The lowest BCUT2D eigenvalue weighted by Gasteiger charge is -2.34. The first-order valence-corrected chi connectivity index (χ1v) is 18.3. The Bertz CT molecular complexity index is 1960. The molecule has 0 N–H and O–H groups in total. The number of aryl methyl sites for hydroxylation is 2. The van der Waals surface area contributed by atoms with E-state index in [1.165, 1.54) is 48.8 Å². The molecule has 1 amide bonds. The Morgan fingerprint density at radius 2 is 1.62 bits per heavy atom. The molecule has 1 saturated heterocycles. The van der Waals surface area contributed by atoms with E-state index in [0.717, 1.165) is 78.4 Å². The highest BCUT2D eigenvalue weighted by Crippen LogP contribution is 2.27. The van der Waals surface area contributed by atoms with Crippen LogP contribution in [0.5, 0.6) is 0 Å². The van der Waals surface area contributed by atoms with Gasteiger partial charge in [0, 0.05) is 43.5 Å². The van der Waals surface area contributed by atoms with Gasteiger partial charge < -0.3 is 9.47 Å². The Hall–Kier alpha value is -4.88. The summed E-state index contributed by atoms with van der Waals surface area (Å²) in [5.74, 6) is 1.02. The van der Waals surface area contributed by atoms with Gasteiger partial charge in [0.15, 0.2) is 0 Å². The average Bonchev–Trinajstić information content (AvgIpc) is 3.79. The first kappa shape index (κ1) is 33.6. The lowest BCUT2D eigenvalue weighted by molar-refractivity contribution is -0.129. The van der Waals surface area contributed by atoms with Gasteiger partial charge in [-0.25, -0.2) is 9.97 Å². The molecule has 2 fully saturated rings. The molecule has 0 bridgehead atoms. The number of hydrogen-bond donors (Lipinski definition) is 0. The van der Waals surface area contributed by atoms with Gasteiger partial charge in [-0.3, -0.25) is 14.7 Å². The lowest BCUT2D eigenvalue weighted by atomic mass is 9.93. The molecule has 1 aliphatic carbocycles. The quantitative estimate of drug-likeness (QED) is 0.133. The van der Waals surface area contributed by atoms with Crippen molar-refractivity contribution in [3.63, 3.8) is 0 Å². The minimum absolute atomic E-state index is 0.0469. The van der Waals surface area contributed by atoms with Crippen LogP contribution >= 0.6 is 0 Å². The van der Waals surface area contributed by atoms with Crippen molar-refractivity contribution < 1.29 is 4.79 Å². The van der Waals surface area contributed by atoms with Crippen LogP contribution in [-0.4, -0.2) is 60.9 Å². The van der Waals surface area contributed by atoms with Crippen molar-refractivity contribution in [3.8, 4) is 0 Å². The van der Waals surface area contributed by atoms with Crippen LogP contribution in [0.25, 0.3) is 22.7 Å². The number of likely N-dealkylation sites (tertiary alicyclic amines) is 1. The van der Waals surface area contributed by atoms with Gasteiger partial charge in [0.25, 0.3) is 0 Å². The molecule has 1 saturated carbocycles. The van der Waals surface area contributed by atoms with Gasteiger partial charge in [-0.05, 0) is 93.6 Å². The Kier molecular flexibility index (Phi) is 10.6. The molecule has 0 radical (unpaired) electrons. The number of hydrogen-bond acceptors (Lipinski definition) is 5. The number of imidazole rings is 1. The second-order valence-electron chi connectivity index (χ2n) is 14.0. The maximum atomic E-state index is 14.0. The van der Waals surface area contributed by atoms with Gasteiger partial charge in [0.1, 0.15) is 11.3 Å². The van der Waals surface area contributed by atoms with Crippen LogP contribution in [0.1, 0.15) is 84.4 Å². The topological polar surface area (TPSA) is 67.2 Å². The molecule has 256 valence electrons. The number of carbonyl (C=O) groups is 1. The zero-order valence-electron chi connectivity index (χ0n) is 29.5. The average molecular weight is 665 g/mol. The van der Waals surface area contributed by atoms with Crippen molar-refractivity contribution in [2.75, 3.05) is 19.6 Å². The van der Waals surface area contributed by atoms with Crippen LogP contribution in [0.15, 0.2) is 97.3 Å². The predicted molar refractivity (Wildman–Crippen MR) is 202 cm³/mol. The highest BCUT2D eigenvalue weighted by Gasteiger charge is 2.24. The van der Waals surface area contributed by atoms with Crippen molar-refractivity contribution in [2.24, 2.45) is 0 Å². The van der Waals surface area contributed by atoms with E-state index in [4.69, 9.17) is 4.98 Å². The van der Waals surface area contributed by atoms with Crippen molar-refractivity contribution in [3.05, 3.63) is 137 Å². The van der Waals surface area contributed by atoms with Crippen molar-refractivity contribution in [2.45, 2.75) is 77.9 Å². The number of amides is 1. The number of aromatic nitrogens is 4. The summed E-state index contributed by atoms with van der Waals surface area (Å²) in [5.41, 5.74) is 9.62. The summed E-state index contributed by atoms with van der Waals surface area (Å²) >= 11 is 0. The zero-order valence-corrected chi connectivity index (χ0v) is 29.5. The molecule has 7 nitrogen and oxygen atoms in total. The molecular weight excluding hydrogens is 617 g/mol. The van der Waals surface area contributed by atoms with E-state index >= 15 is 0 Å². The molecule has 50 heavy (non-hydrogen) atoms.